The third-order valence-corrected chi connectivity index (χ3v) is 5.64. The molecule has 3 amide bonds. The Morgan fingerprint density at radius 2 is 2.12 bits per heavy atom. The SMILES string of the molecule is CC1CCC(C[C@H](C)NC(=O)[C@H]2CC[C@@H]3CN2C(=O)N3OS(=O)(=O)O)N1. The van der Waals surface area contributed by atoms with E-state index in [4.69, 9.17) is 4.55 Å². The number of hydroxylamine groups is 2. The summed E-state index contributed by atoms with van der Waals surface area (Å²) in [5, 5.41) is 7.09. The van der Waals surface area contributed by atoms with Gasteiger partial charge in [0.25, 0.3) is 0 Å². The van der Waals surface area contributed by atoms with Gasteiger partial charge in [0.1, 0.15) is 6.04 Å². The number of hydrogen-bond donors (Lipinski definition) is 3. The maximum Gasteiger partial charge on any atom is 0.418 e. The van der Waals surface area contributed by atoms with Crippen LogP contribution in [0.3, 0.4) is 0 Å². The first-order valence-electron chi connectivity index (χ1n) is 8.97. The van der Waals surface area contributed by atoms with Crippen LogP contribution in [0.1, 0.15) is 46.0 Å². The van der Waals surface area contributed by atoms with Crippen molar-refractivity contribution < 1.29 is 26.8 Å². The van der Waals surface area contributed by atoms with Crippen molar-refractivity contribution in [2.75, 3.05) is 6.54 Å². The fourth-order valence-corrected chi connectivity index (χ4v) is 4.52. The predicted octanol–water partition coefficient (Wildman–Crippen LogP) is 0.0247. The first kappa shape index (κ1) is 19.3. The molecule has 3 fully saturated rings. The number of rotatable bonds is 6. The molecular weight excluding hydrogens is 364 g/mol. The summed E-state index contributed by atoms with van der Waals surface area (Å²) in [5.41, 5.74) is 0. The second-order valence-corrected chi connectivity index (χ2v) is 8.50. The Bertz CT molecular complexity index is 671. The molecule has 3 rings (SSSR count). The maximum atomic E-state index is 12.6. The lowest BCUT2D eigenvalue weighted by Gasteiger charge is -2.30. The van der Waals surface area contributed by atoms with Crippen LogP contribution in [0.5, 0.6) is 0 Å². The van der Waals surface area contributed by atoms with E-state index < -0.39 is 28.5 Å². The van der Waals surface area contributed by atoms with Crippen molar-refractivity contribution in [1.29, 1.82) is 0 Å². The molecule has 0 saturated carbocycles. The van der Waals surface area contributed by atoms with Gasteiger partial charge in [-0.05, 0) is 46.0 Å². The summed E-state index contributed by atoms with van der Waals surface area (Å²) >= 11 is 0. The second-order valence-electron chi connectivity index (χ2n) is 7.50. The summed E-state index contributed by atoms with van der Waals surface area (Å²) < 4.78 is 35.0. The Labute approximate surface area is 153 Å². The van der Waals surface area contributed by atoms with Crippen molar-refractivity contribution in [3.63, 3.8) is 0 Å². The third-order valence-electron chi connectivity index (χ3n) is 5.30. The molecule has 10 nitrogen and oxygen atoms in total. The zero-order valence-corrected chi connectivity index (χ0v) is 15.7. The number of carbonyl (C=O) groups excluding carboxylic acids is 2. The highest BCUT2D eigenvalue weighted by Gasteiger charge is 2.49. The fourth-order valence-electron chi connectivity index (χ4n) is 4.13. The van der Waals surface area contributed by atoms with Crippen LogP contribution in [0, 0.1) is 0 Å². The number of urea groups is 1. The lowest BCUT2D eigenvalue weighted by atomic mass is 9.99. The van der Waals surface area contributed by atoms with Crippen molar-refractivity contribution in [2.45, 2.75) is 76.2 Å². The van der Waals surface area contributed by atoms with Crippen LogP contribution in [-0.2, 0) is 19.5 Å². The predicted molar refractivity (Wildman–Crippen MR) is 91.2 cm³/mol. The molecule has 0 aromatic carbocycles. The van der Waals surface area contributed by atoms with Gasteiger partial charge in [0, 0.05) is 24.7 Å². The molecule has 0 aliphatic carbocycles. The minimum Gasteiger partial charge on any atom is -0.352 e. The highest BCUT2D eigenvalue weighted by Crippen LogP contribution is 2.30. The van der Waals surface area contributed by atoms with E-state index in [-0.39, 0.29) is 18.5 Å². The van der Waals surface area contributed by atoms with E-state index in [1.54, 1.807) is 0 Å². The Morgan fingerprint density at radius 3 is 2.73 bits per heavy atom. The van der Waals surface area contributed by atoms with Gasteiger partial charge in [0.2, 0.25) is 5.91 Å². The number of amides is 3. The third kappa shape index (κ3) is 4.27. The molecule has 2 unspecified atom stereocenters. The van der Waals surface area contributed by atoms with Gasteiger partial charge in [-0.25, -0.2) is 4.79 Å². The van der Waals surface area contributed by atoms with Crippen LogP contribution in [0.25, 0.3) is 0 Å². The molecule has 0 radical (unpaired) electrons. The van der Waals surface area contributed by atoms with Gasteiger partial charge in [0.15, 0.2) is 0 Å². The number of fused-ring (bicyclic) bond motifs is 2. The van der Waals surface area contributed by atoms with E-state index in [2.05, 4.69) is 21.8 Å². The van der Waals surface area contributed by atoms with Crippen LogP contribution >= 0.6 is 0 Å². The molecule has 11 heteroatoms. The van der Waals surface area contributed by atoms with Crippen LogP contribution in [0.2, 0.25) is 0 Å². The zero-order chi connectivity index (χ0) is 19.1. The molecule has 3 N–H and O–H groups in total. The van der Waals surface area contributed by atoms with E-state index in [9.17, 15) is 18.0 Å². The van der Waals surface area contributed by atoms with Gasteiger partial charge < -0.3 is 15.5 Å². The minimum absolute atomic E-state index is 0.0362. The monoisotopic (exact) mass is 390 g/mol. The topological polar surface area (TPSA) is 128 Å². The summed E-state index contributed by atoms with van der Waals surface area (Å²) in [5.74, 6) is -0.246. The molecule has 3 aliphatic heterocycles. The molecule has 0 aromatic rings. The largest absolute Gasteiger partial charge is 0.418 e. The summed E-state index contributed by atoms with van der Waals surface area (Å²) in [4.78, 5) is 26.3. The van der Waals surface area contributed by atoms with Crippen molar-refractivity contribution >= 4 is 22.3 Å². The Balaban J connectivity index is 1.56. The number of piperidine rings is 1. The number of nitrogens with zero attached hydrogens (tertiary/aromatic N) is 2. The molecule has 3 heterocycles. The van der Waals surface area contributed by atoms with E-state index in [1.165, 1.54) is 4.90 Å². The fraction of sp³-hybridized carbons (Fsp3) is 0.867. The maximum absolute atomic E-state index is 12.6. The lowest BCUT2D eigenvalue weighted by Crippen LogP contribution is -2.52. The highest BCUT2D eigenvalue weighted by molar-refractivity contribution is 7.80. The van der Waals surface area contributed by atoms with E-state index in [0.29, 0.717) is 30.0 Å². The number of nitrogens with one attached hydrogen (secondary N) is 2. The Hall–Kier alpha value is -1.43. The number of hydrogen-bond acceptors (Lipinski definition) is 6. The Kier molecular flexibility index (Phi) is 5.42. The molecule has 148 valence electrons. The normalized spacial score (nSPS) is 32.8. The number of carbonyl (C=O) groups is 2. The first-order valence-corrected chi connectivity index (χ1v) is 10.3. The van der Waals surface area contributed by atoms with Crippen LogP contribution in [0.15, 0.2) is 0 Å². The molecule has 2 bridgehead atoms. The van der Waals surface area contributed by atoms with Crippen molar-refractivity contribution in [2.24, 2.45) is 0 Å². The second kappa shape index (κ2) is 7.29. The summed E-state index contributed by atoms with van der Waals surface area (Å²) in [6.07, 6.45) is 3.86. The highest BCUT2D eigenvalue weighted by atomic mass is 32.3. The summed E-state index contributed by atoms with van der Waals surface area (Å²) in [7, 11) is -4.78. The van der Waals surface area contributed by atoms with Crippen molar-refractivity contribution in [3.8, 4) is 0 Å². The molecule has 0 aromatic heterocycles. The molecule has 3 saturated heterocycles. The van der Waals surface area contributed by atoms with Gasteiger partial charge in [-0.2, -0.15) is 13.5 Å². The summed E-state index contributed by atoms with van der Waals surface area (Å²) in [6.45, 7) is 4.28. The molecule has 26 heavy (non-hydrogen) atoms. The van der Waals surface area contributed by atoms with Gasteiger partial charge in [-0.3, -0.25) is 9.35 Å². The molecule has 0 spiro atoms. The smallest absolute Gasteiger partial charge is 0.352 e. The van der Waals surface area contributed by atoms with Crippen LogP contribution < -0.4 is 10.6 Å². The standard InChI is InChI=1S/C15H26N4O6S/c1-9-3-4-11(16-9)7-10(2)17-14(20)13-6-5-12-8-18(13)15(21)19(12)25-26(22,23)24/h9-13,16H,3-8H2,1-2H3,(H,17,20)(H,22,23,24)/t9?,10-,11?,12+,13+/m0/s1. The average Bonchev–Trinajstić information content (AvgIpc) is 3.03. The van der Waals surface area contributed by atoms with Gasteiger partial charge in [0.05, 0.1) is 6.04 Å². The quantitative estimate of drug-likeness (QED) is 0.546. The van der Waals surface area contributed by atoms with Crippen LogP contribution in [-0.4, -0.2) is 71.6 Å². The molecule has 3 aliphatic rings. The minimum atomic E-state index is -4.78. The molecular formula is C15H26N4O6S. The van der Waals surface area contributed by atoms with Crippen molar-refractivity contribution in [3.05, 3.63) is 0 Å². The first-order chi connectivity index (χ1) is 12.1. The summed E-state index contributed by atoms with van der Waals surface area (Å²) in [6, 6.07) is -1.03. The van der Waals surface area contributed by atoms with Crippen LogP contribution in [0.4, 0.5) is 4.79 Å². The molecule has 5 atom stereocenters. The van der Waals surface area contributed by atoms with E-state index >= 15 is 0 Å². The lowest BCUT2D eigenvalue weighted by molar-refractivity contribution is -0.126. The van der Waals surface area contributed by atoms with E-state index in [1.807, 2.05) is 6.92 Å². The van der Waals surface area contributed by atoms with E-state index in [0.717, 1.165) is 19.3 Å². The van der Waals surface area contributed by atoms with Gasteiger partial charge in [-0.15, -0.1) is 4.28 Å². The zero-order valence-electron chi connectivity index (χ0n) is 14.9. The van der Waals surface area contributed by atoms with Crippen molar-refractivity contribution in [1.82, 2.24) is 20.6 Å². The Morgan fingerprint density at radius 1 is 1.38 bits per heavy atom. The average molecular weight is 390 g/mol. The van der Waals surface area contributed by atoms with Gasteiger partial charge in [-0.1, -0.05) is 0 Å². The van der Waals surface area contributed by atoms with Gasteiger partial charge >= 0.3 is 16.4 Å².